The van der Waals surface area contributed by atoms with Gasteiger partial charge in [-0.25, -0.2) is 4.79 Å². The van der Waals surface area contributed by atoms with Crippen LogP contribution in [0.15, 0.2) is 24.5 Å². The SMILES string of the molecule is CCOC(=O)N1CCC(NC(=O)CCCc2cccnc2)CC1. The van der Waals surface area contributed by atoms with Crippen molar-refractivity contribution in [2.45, 2.75) is 45.1 Å². The number of piperidine rings is 1. The number of amides is 2. The molecule has 1 aromatic rings. The Hall–Kier alpha value is -2.11. The van der Waals surface area contributed by atoms with Crippen molar-refractivity contribution in [1.29, 1.82) is 0 Å². The molecule has 1 aliphatic heterocycles. The Kier molecular flexibility index (Phi) is 6.84. The van der Waals surface area contributed by atoms with Crippen LogP contribution in [0.3, 0.4) is 0 Å². The lowest BCUT2D eigenvalue weighted by Crippen LogP contribution is -2.46. The molecule has 0 saturated carbocycles. The Labute approximate surface area is 137 Å². The van der Waals surface area contributed by atoms with Crippen LogP contribution in [-0.4, -0.2) is 47.6 Å². The number of aryl methyl sites for hydroxylation is 1. The maximum atomic E-state index is 12.0. The zero-order valence-electron chi connectivity index (χ0n) is 13.7. The Morgan fingerprint density at radius 1 is 1.39 bits per heavy atom. The number of rotatable bonds is 6. The van der Waals surface area contributed by atoms with E-state index in [2.05, 4.69) is 10.3 Å². The van der Waals surface area contributed by atoms with Gasteiger partial charge in [-0.1, -0.05) is 6.07 Å². The average Bonchev–Trinajstić information content (AvgIpc) is 2.57. The predicted octanol–water partition coefficient (Wildman–Crippen LogP) is 2.14. The van der Waals surface area contributed by atoms with Gasteiger partial charge in [0.25, 0.3) is 0 Å². The number of ether oxygens (including phenoxy) is 1. The summed E-state index contributed by atoms with van der Waals surface area (Å²) in [6.45, 7) is 3.47. The molecule has 0 unspecified atom stereocenters. The van der Waals surface area contributed by atoms with Crippen molar-refractivity contribution in [3.05, 3.63) is 30.1 Å². The van der Waals surface area contributed by atoms with Gasteiger partial charge in [-0.15, -0.1) is 0 Å². The molecule has 0 bridgehead atoms. The third kappa shape index (κ3) is 5.88. The summed E-state index contributed by atoms with van der Waals surface area (Å²) in [5.41, 5.74) is 1.16. The first-order valence-corrected chi connectivity index (χ1v) is 8.29. The quantitative estimate of drug-likeness (QED) is 0.872. The molecule has 0 aliphatic carbocycles. The first-order chi connectivity index (χ1) is 11.2. The fraction of sp³-hybridized carbons (Fsp3) is 0.588. The summed E-state index contributed by atoms with van der Waals surface area (Å²) >= 11 is 0. The topological polar surface area (TPSA) is 71.5 Å². The molecule has 126 valence electrons. The van der Waals surface area contributed by atoms with Gasteiger partial charge in [0.1, 0.15) is 0 Å². The molecule has 2 heterocycles. The molecule has 0 spiro atoms. The van der Waals surface area contributed by atoms with Crippen molar-refractivity contribution in [2.24, 2.45) is 0 Å². The van der Waals surface area contributed by atoms with Crippen molar-refractivity contribution in [1.82, 2.24) is 15.2 Å². The maximum absolute atomic E-state index is 12.0. The fourth-order valence-electron chi connectivity index (χ4n) is 2.72. The fourth-order valence-corrected chi connectivity index (χ4v) is 2.72. The number of likely N-dealkylation sites (tertiary alicyclic amines) is 1. The zero-order chi connectivity index (χ0) is 16.5. The molecule has 1 aliphatic rings. The Bertz CT molecular complexity index is 499. The normalized spacial score (nSPS) is 15.3. The van der Waals surface area contributed by atoms with E-state index in [1.54, 1.807) is 18.0 Å². The maximum Gasteiger partial charge on any atom is 0.409 e. The molecule has 6 nitrogen and oxygen atoms in total. The monoisotopic (exact) mass is 319 g/mol. The van der Waals surface area contributed by atoms with Crippen LogP contribution in [0.5, 0.6) is 0 Å². The first kappa shape index (κ1) is 17.2. The molecule has 2 rings (SSSR count). The van der Waals surface area contributed by atoms with Crippen LogP contribution in [-0.2, 0) is 16.0 Å². The number of pyridine rings is 1. The molecule has 1 N–H and O–H groups in total. The van der Waals surface area contributed by atoms with Crippen molar-refractivity contribution in [3.8, 4) is 0 Å². The summed E-state index contributed by atoms with van der Waals surface area (Å²) in [5.74, 6) is 0.0866. The number of aromatic nitrogens is 1. The molecule has 6 heteroatoms. The Morgan fingerprint density at radius 2 is 2.17 bits per heavy atom. The second kappa shape index (κ2) is 9.12. The zero-order valence-corrected chi connectivity index (χ0v) is 13.7. The summed E-state index contributed by atoms with van der Waals surface area (Å²) in [6, 6.07) is 4.09. The van der Waals surface area contributed by atoms with Crippen molar-refractivity contribution < 1.29 is 14.3 Å². The third-order valence-corrected chi connectivity index (χ3v) is 3.98. The van der Waals surface area contributed by atoms with Crippen molar-refractivity contribution in [3.63, 3.8) is 0 Å². The smallest absolute Gasteiger partial charge is 0.409 e. The van der Waals surface area contributed by atoms with E-state index in [1.165, 1.54) is 0 Å². The van der Waals surface area contributed by atoms with Crippen LogP contribution >= 0.6 is 0 Å². The highest BCUT2D eigenvalue weighted by molar-refractivity contribution is 5.76. The van der Waals surface area contributed by atoms with E-state index in [1.807, 2.05) is 18.3 Å². The molecular weight excluding hydrogens is 294 g/mol. The van der Waals surface area contributed by atoms with Gasteiger partial charge in [-0.2, -0.15) is 0 Å². The average molecular weight is 319 g/mol. The van der Waals surface area contributed by atoms with E-state index in [0.717, 1.165) is 31.2 Å². The minimum atomic E-state index is -0.256. The summed E-state index contributed by atoms with van der Waals surface area (Å²) in [5, 5.41) is 3.06. The highest BCUT2D eigenvalue weighted by Gasteiger charge is 2.24. The second-order valence-corrected chi connectivity index (χ2v) is 5.74. The van der Waals surface area contributed by atoms with Gasteiger partial charge in [0.05, 0.1) is 6.61 Å². The van der Waals surface area contributed by atoms with Crippen molar-refractivity contribution in [2.75, 3.05) is 19.7 Å². The molecule has 2 amide bonds. The van der Waals surface area contributed by atoms with Gasteiger partial charge in [-0.05, 0) is 44.2 Å². The van der Waals surface area contributed by atoms with Crippen LogP contribution in [0.4, 0.5) is 4.79 Å². The van der Waals surface area contributed by atoms with E-state index in [0.29, 0.717) is 26.1 Å². The highest BCUT2D eigenvalue weighted by Crippen LogP contribution is 2.12. The van der Waals surface area contributed by atoms with Crippen molar-refractivity contribution >= 4 is 12.0 Å². The van der Waals surface area contributed by atoms with Gasteiger partial charge < -0.3 is 15.0 Å². The number of carbonyl (C=O) groups is 2. The molecule has 1 fully saturated rings. The number of hydrogen-bond donors (Lipinski definition) is 1. The summed E-state index contributed by atoms with van der Waals surface area (Å²) < 4.78 is 4.99. The number of nitrogens with one attached hydrogen (secondary N) is 1. The molecule has 0 aromatic carbocycles. The lowest BCUT2D eigenvalue weighted by Gasteiger charge is -2.31. The lowest BCUT2D eigenvalue weighted by atomic mass is 10.0. The molecule has 1 aromatic heterocycles. The molecular formula is C17H25N3O3. The number of hydrogen-bond acceptors (Lipinski definition) is 4. The minimum absolute atomic E-state index is 0.0866. The van der Waals surface area contributed by atoms with E-state index in [4.69, 9.17) is 4.74 Å². The van der Waals surface area contributed by atoms with Gasteiger partial charge in [0.15, 0.2) is 0 Å². The van der Waals surface area contributed by atoms with E-state index >= 15 is 0 Å². The number of nitrogens with zero attached hydrogens (tertiary/aromatic N) is 2. The standard InChI is InChI=1S/C17H25N3O3/c1-2-23-17(22)20-11-8-15(9-12-20)19-16(21)7-3-5-14-6-4-10-18-13-14/h4,6,10,13,15H,2-3,5,7-9,11-12H2,1H3,(H,19,21). The minimum Gasteiger partial charge on any atom is -0.450 e. The predicted molar refractivity (Wildman–Crippen MR) is 86.9 cm³/mol. The molecule has 23 heavy (non-hydrogen) atoms. The van der Waals surface area contributed by atoms with E-state index in [-0.39, 0.29) is 18.0 Å². The molecule has 1 saturated heterocycles. The van der Waals surface area contributed by atoms with Crippen LogP contribution in [0.2, 0.25) is 0 Å². The summed E-state index contributed by atoms with van der Waals surface area (Å²) in [7, 11) is 0. The highest BCUT2D eigenvalue weighted by atomic mass is 16.6. The third-order valence-electron chi connectivity index (χ3n) is 3.98. The van der Waals surface area contributed by atoms with Gasteiger partial charge in [-0.3, -0.25) is 9.78 Å². The molecule has 0 radical (unpaired) electrons. The van der Waals surface area contributed by atoms with E-state index < -0.39 is 0 Å². The Balaban J connectivity index is 1.62. The van der Waals surface area contributed by atoms with Gasteiger partial charge in [0, 0.05) is 37.9 Å². The Morgan fingerprint density at radius 3 is 2.83 bits per heavy atom. The largest absolute Gasteiger partial charge is 0.450 e. The van der Waals surface area contributed by atoms with Gasteiger partial charge >= 0.3 is 6.09 Å². The van der Waals surface area contributed by atoms with Crippen LogP contribution < -0.4 is 5.32 Å². The van der Waals surface area contributed by atoms with Gasteiger partial charge in [0.2, 0.25) is 5.91 Å². The molecule has 0 atom stereocenters. The van der Waals surface area contributed by atoms with E-state index in [9.17, 15) is 9.59 Å². The van der Waals surface area contributed by atoms with Crippen LogP contribution in [0.1, 0.15) is 38.2 Å². The summed E-state index contributed by atoms with van der Waals surface area (Å²) in [4.78, 5) is 29.4. The first-order valence-electron chi connectivity index (χ1n) is 8.29. The second-order valence-electron chi connectivity index (χ2n) is 5.74. The van der Waals surface area contributed by atoms with Crippen LogP contribution in [0, 0.1) is 0 Å². The van der Waals surface area contributed by atoms with Crippen LogP contribution in [0.25, 0.3) is 0 Å². The lowest BCUT2D eigenvalue weighted by molar-refractivity contribution is -0.122. The summed E-state index contributed by atoms with van der Waals surface area (Å²) in [6.07, 6.45) is 7.10. The number of carbonyl (C=O) groups excluding carboxylic acids is 2.